The zero-order chi connectivity index (χ0) is 57.8. The maximum Gasteiger partial charge on any atom is 0.472 e. The van der Waals surface area contributed by atoms with E-state index in [0.717, 1.165) is 128 Å². The first-order valence-electron chi connectivity index (χ1n) is 31.1. The minimum absolute atomic E-state index is 0.103. The third-order valence-corrected chi connectivity index (χ3v) is 15.4. The second-order valence-corrected chi connectivity index (χ2v) is 24.8. The number of carbonyl (C=O) groups excluding carboxylic acids is 4. The van der Waals surface area contributed by atoms with Crippen molar-refractivity contribution in [3.8, 4) is 0 Å². The summed E-state index contributed by atoms with van der Waals surface area (Å²) in [7, 11) is -9.86. The normalized spacial score (nSPS) is 14.4. The van der Waals surface area contributed by atoms with Gasteiger partial charge in [0.15, 0.2) is 12.2 Å². The average Bonchev–Trinajstić information content (AvgIpc) is 3.40. The monoisotopic (exact) mass is 1160 g/mol. The van der Waals surface area contributed by atoms with Gasteiger partial charge in [-0.3, -0.25) is 37.3 Å². The molecule has 462 valence electrons. The molecule has 0 amide bonds. The zero-order valence-corrected chi connectivity index (χ0v) is 51.6. The fourth-order valence-electron chi connectivity index (χ4n) is 8.70. The lowest BCUT2D eigenvalue weighted by atomic mass is 10.0. The second-order valence-electron chi connectivity index (χ2n) is 21.9. The smallest absolute Gasteiger partial charge is 0.462 e. The number of rotatable bonds is 59. The molecule has 0 spiro atoms. The van der Waals surface area contributed by atoms with Gasteiger partial charge >= 0.3 is 39.5 Å². The van der Waals surface area contributed by atoms with Crippen molar-refractivity contribution in [2.45, 2.75) is 310 Å². The molecule has 0 aromatic rings. The van der Waals surface area contributed by atoms with Crippen LogP contribution >= 0.6 is 15.6 Å². The van der Waals surface area contributed by atoms with Crippen molar-refractivity contribution in [3.05, 3.63) is 0 Å². The van der Waals surface area contributed by atoms with Crippen molar-refractivity contribution >= 4 is 39.5 Å². The van der Waals surface area contributed by atoms with Crippen molar-refractivity contribution in [3.63, 3.8) is 0 Å². The van der Waals surface area contributed by atoms with Gasteiger partial charge in [0, 0.05) is 25.7 Å². The molecule has 0 aromatic carbocycles. The van der Waals surface area contributed by atoms with E-state index in [4.69, 9.17) is 37.0 Å². The van der Waals surface area contributed by atoms with Gasteiger partial charge in [0.2, 0.25) is 0 Å². The van der Waals surface area contributed by atoms with Crippen LogP contribution in [0.4, 0.5) is 0 Å². The van der Waals surface area contributed by atoms with Gasteiger partial charge in [-0.1, -0.05) is 240 Å². The Balaban J connectivity index is 5.13. The summed E-state index contributed by atoms with van der Waals surface area (Å²) in [5, 5.41) is 10.5. The fourth-order valence-corrected chi connectivity index (χ4v) is 10.3. The molecule has 17 nitrogen and oxygen atoms in total. The fraction of sp³-hybridized carbons (Fsp3) is 0.932. The van der Waals surface area contributed by atoms with E-state index in [2.05, 4.69) is 34.6 Å². The summed E-state index contributed by atoms with van der Waals surface area (Å²) in [6.07, 6.45) is 35.1. The topological polar surface area (TPSA) is 237 Å². The Labute approximate surface area is 473 Å². The first-order valence-corrected chi connectivity index (χ1v) is 34.1. The number of ether oxygens (including phenoxy) is 4. The number of phosphoric acid groups is 2. The van der Waals surface area contributed by atoms with Gasteiger partial charge in [-0.15, -0.1) is 0 Å². The summed E-state index contributed by atoms with van der Waals surface area (Å²) < 4.78 is 67.5. The third-order valence-electron chi connectivity index (χ3n) is 13.5. The van der Waals surface area contributed by atoms with E-state index in [9.17, 15) is 43.2 Å². The highest BCUT2D eigenvalue weighted by atomic mass is 31.2. The highest BCUT2D eigenvalue weighted by Gasteiger charge is 2.30. The minimum Gasteiger partial charge on any atom is -0.462 e. The molecule has 19 heteroatoms. The predicted molar refractivity (Wildman–Crippen MR) is 308 cm³/mol. The molecule has 5 atom stereocenters. The molecule has 0 saturated heterocycles. The van der Waals surface area contributed by atoms with Crippen molar-refractivity contribution in [2.24, 2.45) is 5.92 Å². The number of aliphatic hydroxyl groups is 1. The van der Waals surface area contributed by atoms with Crippen LogP contribution in [0.3, 0.4) is 0 Å². The van der Waals surface area contributed by atoms with E-state index < -0.39 is 97.5 Å². The number of hydrogen-bond donors (Lipinski definition) is 3. The Kier molecular flexibility index (Phi) is 51.8. The lowest BCUT2D eigenvalue weighted by Crippen LogP contribution is -2.30. The predicted octanol–water partition coefficient (Wildman–Crippen LogP) is 15.8. The highest BCUT2D eigenvalue weighted by Crippen LogP contribution is 2.45. The van der Waals surface area contributed by atoms with E-state index in [-0.39, 0.29) is 25.7 Å². The van der Waals surface area contributed by atoms with Gasteiger partial charge in [0.25, 0.3) is 0 Å². The van der Waals surface area contributed by atoms with Crippen LogP contribution in [0.1, 0.15) is 291 Å². The molecule has 0 radical (unpaired) electrons. The molecule has 0 aliphatic heterocycles. The van der Waals surface area contributed by atoms with Gasteiger partial charge in [-0.05, 0) is 31.6 Å². The lowest BCUT2D eigenvalue weighted by Gasteiger charge is -2.21. The number of phosphoric ester groups is 2. The minimum atomic E-state index is -4.94. The van der Waals surface area contributed by atoms with Gasteiger partial charge in [0.1, 0.15) is 19.3 Å². The van der Waals surface area contributed by atoms with Crippen LogP contribution in [-0.4, -0.2) is 96.7 Å². The number of esters is 4. The van der Waals surface area contributed by atoms with Gasteiger partial charge in [-0.2, -0.15) is 0 Å². The van der Waals surface area contributed by atoms with Gasteiger partial charge < -0.3 is 33.8 Å². The van der Waals surface area contributed by atoms with Crippen molar-refractivity contribution < 1.29 is 80.2 Å². The van der Waals surface area contributed by atoms with Gasteiger partial charge in [-0.25, -0.2) is 9.13 Å². The largest absolute Gasteiger partial charge is 0.472 e. The molecule has 0 heterocycles. The quantitative estimate of drug-likeness (QED) is 0.0222. The van der Waals surface area contributed by atoms with Crippen LogP contribution in [0.2, 0.25) is 0 Å². The van der Waals surface area contributed by atoms with E-state index in [1.807, 2.05) is 0 Å². The zero-order valence-electron chi connectivity index (χ0n) is 49.8. The van der Waals surface area contributed by atoms with E-state index >= 15 is 0 Å². The van der Waals surface area contributed by atoms with Crippen molar-refractivity contribution in [2.75, 3.05) is 39.6 Å². The molecular weight excluding hydrogens is 1040 g/mol. The number of aliphatic hydroxyl groups excluding tert-OH is 1. The molecular formula is C59H114O17P2. The summed E-state index contributed by atoms with van der Waals surface area (Å²) in [4.78, 5) is 71.6. The molecule has 0 aliphatic rings. The van der Waals surface area contributed by atoms with Crippen LogP contribution in [0, 0.1) is 5.92 Å². The Bertz CT molecular complexity index is 1530. The SMILES string of the molecule is CCCCCCCCCCC(=O)OC[C@H](COP(=O)(O)OC[C@@H](O)COP(=O)(O)OC[C@@H](COC(=O)CCCCCCCCC)OC(=O)CCCCCCCCC)OC(=O)CCCCCCCCCCCCCCCC(C)C. The summed E-state index contributed by atoms with van der Waals surface area (Å²) in [6.45, 7) is 7.06. The summed E-state index contributed by atoms with van der Waals surface area (Å²) in [5.41, 5.74) is 0. The number of carbonyl (C=O) groups is 4. The summed E-state index contributed by atoms with van der Waals surface area (Å²) >= 11 is 0. The number of hydrogen-bond acceptors (Lipinski definition) is 15. The highest BCUT2D eigenvalue weighted by molar-refractivity contribution is 7.47. The van der Waals surface area contributed by atoms with Crippen molar-refractivity contribution in [1.29, 1.82) is 0 Å². The number of unbranched alkanes of at least 4 members (excludes halogenated alkanes) is 31. The maximum atomic E-state index is 12.9. The average molecular weight is 1160 g/mol. The van der Waals surface area contributed by atoms with Crippen LogP contribution in [0.15, 0.2) is 0 Å². The molecule has 0 fully saturated rings. The Morgan fingerprint density at radius 2 is 0.590 bits per heavy atom. The molecule has 0 aliphatic carbocycles. The Morgan fingerprint density at radius 1 is 0.346 bits per heavy atom. The molecule has 0 saturated carbocycles. The maximum absolute atomic E-state index is 12.9. The standard InChI is InChI=1S/C59H114O17P2/c1-6-9-12-15-18-29-33-38-43-57(62)70-49-55(76-59(64)45-40-35-30-25-23-21-19-20-22-24-28-31-36-41-52(4)5)51-74-78(67,68)72-47-53(60)46-71-77(65,66)73-50-54(75-58(63)44-39-34-27-17-14-11-8-3)48-69-56(61)42-37-32-26-16-13-10-7-2/h52-55,60H,6-51H2,1-5H3,(H,65,66)(H,67,68)/t53-,54+,55+/m0/s1. The van der Waals surface area contributed by atoms with E-state index in [1.165, 1.54) is 83.5 Å². The van der Waals surface area contributed by atoms with Crippen LogP contribution in [0.5, 0.6) is 0 Å². The van der Waals surface area contributed by atoms with Crippen LogP contribution < -0.4 is 0 Å². The lowest BCUT2D eigenvalue weighted by molar-refractivity contribution is -0.161. The summed E-state index contributed by atoms with van der Waals surface area (Å²) in [6, 6.07) is 0. The van der Waals surface area contributed by atoms with Gasteiger partial charge in [0.05, 0.1) is 26.4 Å². The second kappa shape index (κ2) is 53.1. The van der Waals surface area contributed by atoms with Crippen molar-refractivity contribution in [1.82, 2.24) is 0 Å². The van der Waals surface area contributed by atoms with Crippen LogP contribution in [-0.2, 0) is 65.4 Å². The molecule has 2 unspecified atom stereocenters. The van der Waals surface area contributed by atoms with Crippen LogP contribution in [0.25, 0.3) is 0 Å². The molecule has 0 aromatic heterocycles. The third kappa shape index (κ3) is 53.4. The first kappa shape index (κ1) is 76.1. The molecule has 0 rings (SSSR count). The molecule has 3 N–H and O–H groups in total. The van der Waals surface area contributed by atoms with E-state index in [0.29, 0.717) is 25.7 Å². The Hall–Kier alpha value is -1.94. The summed E-state index contributed by atoms with van der Waals surface area (Å²) in [5.74, 6) is -1.36. The molecule has 0 bridgehead atoms. The molecule has 78 heavy (non-hydrogen) atoms. The Morgan fingerprint density at radius 3 is 0.872 bits per heavy atom. The first-order chi connectivity index (χ1) is 37.5. The van der Waals surface area contributed by atoms with E-state index in [1.54, 1.807) is 0 Å².